The minimum Gasteiger partial charge on any atom is -0.497 e. The summed E-state index contributed by atoms with van der Waals surface area (Å²) in [6, 6.07) is 12.3. The summed E-state index contributed by atoms with van der Waals surface area (Å²) in [5, 5.41) is 2.81. The molecule has 0 atom stereocenters. The summed E-state index contributed by atoms with van der Waals surface area (Å²) in [6.07, 6.45) is 2.91. The predicted octanol–water partition coefficient (Wildman–Crippen LogP) is 3.95. The molecule has 0 saturated heterocycles. The highest BCUT2D eigenvalue weighted by Crippen LogP contribution is 2.36. The Labute approximate surface area is 202 Å². The predicted molar refractivity (Wildman–Crippen MR) is 128 cm³/mol. The molecule has 1 fully saturated rings. The number of methoxy groups -OCH3 is 1. The topological polar surface area (TPSA) is 115 Å². The van der Waals surface area contributed by atoms with Gasteiger partial charge in [-0.3, -0.25) is 19.1 Å². The van der Waals surface area contributed by atoms with E-state index in [1.165, 1.54) is 42.1 Å². The van der Waals surface area contributed by atoms with Gasteiger partial charge in [-0.25, -0.2) is 9.78 Å². The van der Waals surface area contributed by atoms with Gasteiger partial charge >= 0.3 is 12.3 Å². The van der Waals surface area contributed by atoms with Crippen LogP contribution in [-0.2, 0) is 0 Å². The van der Waals surface area contributed by atoms with Gasteiger partial charge in [-0.2, -0.15) is 8.78 Å². The number of nitrogens with one attached hydrogen (secondary N) is 2. The van der Waals surface area contributed by atoms with Crippen molar-refractivity contribution in [2.45, 2.75) is 25.5 Å². The lowest BCUT2D eigenvalue weighted by Gasteiger charge is -2.14. The molecule has 2 aromatic heterocycles. The first-order valence-electron chi connectivity index (χ1n) is 11.0. The summed E-state index contributed by atoms with van der Waals surface area (Å²) in [4.78, 5) is 44.0. The first-order chi connectivity index (χ1) is 17.3. The van der Waals surface area contributed by atoms with Crippen LogP contribution in [0.5, 0.6) is 11.5 Å². The molecule has 1 aliphatic carbocycles. The first kappa shape index (κ1) is 23.2. The normalized spacial score (nSPS) is 13.1. The number of pyridine rings is 1. The van der Waals surface area contributed by atoms with Crippen molar-refractivity contribution in [3.63, 3.8) is 0 Å². The standard InChI is InChI=1S/C25H20F2N4O5/c1-35-17-7-2-13(3-8-17)18-11-15(4-9-20(18)36-24(26)27)29-22(32)14-10-19-21(28-12-14)31(16-5-6-16)25(34)30-23(19)33/h2-4,7-12,16,24H,5-6H2,1H3,(H,29,32)(H,30,33,34). The van der Waals surface area contributed by atoms with E-state index in [4.69, 9.17) is 4.74 Å². The van der Waals surface area contributed by atoms with E-state index in [9.17, 15) is 23.2 Å². The number of halogens is 2. The highest BCUT2D eigenvalue weighted by molar-refractivity contribution is 6.06. The number of H-pyrrole nitrogens is 1. The molecule has 1 aliphatic rings. The Kier molecular flexibility index (Phi) is 5.96. The molecule has 0 unspecified atom stereocenters. The fraction of sp³-hybridized carbons (Fsp3) is 0.200. The number of rotatable bonds is 7. The second-order valence-corrected chi connectivity index (χ2v) is 8.23. The number of anilines is 1. The van der Waals surface area contributed by atoms with Crippen LogP contribution in [0.3, 0.4) is 0 Å². The molecular weight excluding hydrogens is 474 g/mol. The van der Waals surface area contributed by atoms with Crippen molar-refractivity contribution in [2.24, 2.45) is 0 Å². The number of carbonyl (C=O) groups is 1. The number of alkyl halides is 2. The summed E-state index contributed by atoms with van der Waals surface area (Å²) >= 11 is 0. The van der Waals surface area contributed by atoms with Crippen molar-refractivity contribution in [2.75, 3.05) is 12.4 Å². The molecule has 1 amide bonds. The number of aromatic nitrogens is 3. The van der Waals surface area contributed by atoms with Gasteiger partial charge in [0.05, 0.1) is 18.1 Å². The highest BCUT2D eigenvalue weighted by atomic mass is 19.3. The summed E-state index contributed by atoms with van der Waals surface area (Å²) in [5.74, 6) is -0.0493. The maximum atomic E-state index is 13.0. The molecule has 0 bridgehead atoms. The van der Waals surface area contributed by atoms with E-state index < -0.39 is 23.8 Å². The quantitative estimate of drug-likeness (QED) is 0.402. The zero-order chi connectivity index (χ0) is 25.4. The fourth-order valence-electron chi connectivity index (χ4n) is 3.94. The lowest BCUT2D eigenvalue weighted by atomic mass is 10.0. The third-order valence-electron chi connectivity index (χ3n) is 5.81. The van der Waals surface area contributed by atoms with E-state index in [-0.39, 0.29) is 28.4 Å². The summed E-state index contributed by atoms with van der Waals surface area (Å²) < 4.78 is 37.2. The number of amides is 1. The van der Waals surface area contributed by atoms with Crippen LogP contribution in [0.15, 0.2) is 64.3 Å². The molecule has 2 heterocycles. The minimum atomic E-state index is -3.03. The van der Waals surface area contributed by atoms with E-state index in [0.29, 0.717) is 22.6 Å². The van der Waals surface area contributed by atoms with Crippen molar-refractivity contribution >= 4 is 22.6 Å². The van der Waals surface area contributed by atoms with Crippen LogP contribution >= 0.6 is 0 Å². The van der Waals surface area contributed by atoms with Gasteiger partial charge in [0.15, 0.2) is 0 Å². The lowest BCUT2D eigenvalue weighted by molar-refractivity contribution is -0.0494. The Balaban J connectivity index is 1.48. The molecule has 9 nitrogen and oxygen atoms in total. The van der Waals surface area contributed by atoms with E-state index >= 15 is 0 Å². The molecular formula is C25H20F2N4O5. The molecule has 2 N–H and O–H groups in total. The molecule has 2 aromatic carbocycles. The van der Waals surface area contributed by atoms with Crippen molar-refractivity contribution in [3.05, 3.63) is 81.1 Å². The Morgan fingerprint density at radius 1 is 1.14 bits per heavy atom. The zero-order valence-corrected chi connectivity index (χ0v) is 19.0. The highest BCUT2D eigenvalue weighted by Gasteiger charge is 2.28. The van der Waals surface area contributed by atoms with E-state index in [1.54, 1.807) is 24.3 Å². The minimum absolute atomic E-state index is 0.0191. The lowest BCUT2D eigenvalue weighted by Crippen LogP contribution is -2.30. The molecule has 0 radical (unpaired) electrons. The zero-order valence-electron chi connectivity index (χ0n) is 19.0. The van der Waals surface area contributed by atoms with Crippen LogP contribution < -0.4 is 26.0 Å². The number of nitrogens with zero attached hydrogens (tertiary/aromatic N) is 2. The molecule has 11 heteroatoms. The van der Waals surface area contributed by atoms with Crippen LogP contribution in [0.1, 0.15) is 29.2 Å². The number of hydrogen-bond acceptors (Lipinski definition) is 6. The smallest absolute Gasteiger partial charge is 0.387 e. The number of hydrogen-bond donors (Lipinski definition) is 2. The fourth-order valence-corrected chi connectivity index (χ4v) is 3.94. The Hall–Kier alpha value is -4.54. The molecule has 36 heavy (non-hydrogen) atoms. The third-order valence-corrected chi connectivity index (χ3v) is 5.81. The monoisotopic (exact) mass is 494 g/mol. The average molecular weight is 494 g/mol. The van der Waals surface area contributed by atoms with Crippen molar-refractivity contribution in [1.82, 2.24) is 14.5 Å². The number of ether oxygens (including phenoxy) is 2. The van der Waals surface area contributed by atoms with E-state index in [1.807, 2.05) is 0 Å². The maximum absolute atomic E-state index is 13.0. The SMILES string of the molecule is COc1ccc(-c2cc(NC(=O)c3cnc4c(c3)c(=O)[nH]c(=O)n4C3CC3)ccc2OC(F)F)cc1. The van der Waals surface area contributed by atoms with Gasteiger partial charge in [-0.15, -0.1) is 0 Å². The molecule has 4 aromatic rings. The van der Waals surface area contributed by atoms with Crippen LogP contribution in [-0.4, -0.2) is 34.2 Å². The number of benzene rings is 2. The molecule has 0 spiro atoms. The van der Waals surface area contributed by atoms with E-state index in [0.717, 1.165) is 12.8 Å². The molecule has 5 rings (SSSR count). The van der Waals surface area contributed by atoms with Crippen LogP contribution in [0.25, 0.3) is 22.2 Å². The summed E-state index contributed by atoms with van der Waals surface area (Å²) in [7, 11) is 1.51. The van der Waals surface area contributed by atoms with Gasteiger partial charge in [-0.05, 0) is 54.8 Å². The maximum Gasteiger partial charge on any atom is 0.387 e. The van der Waals surface area contributed by atoms with Crippen molar-refractivity contribution in [3.8, 4) is 22.6 Å². The number of fused-ring (bicyclic) bond motifs is 1. The van der Waals surface area contributed by atoms with Gasteiger partial charge in [-0.1, -0.05) is 12.1 Å². The van der Waals surface area contributed by atoms with Gasteiger partial charge in [0.2, 0.25) is 0 Å². The van der Waals surface area contributed by atoms with Gasteiger partial charge in [0, 0.05) is 23.5 Å². The van der Waals surface area contributed by atoms with E-state index in [2.05, 4.69) is 20.0 Å². The average Bonchev–Trinajstić information content (AvgIpc) is 3.70. The second-order valence-electron chi connectivity index (χ2n) is 8.23. The van der Waals surface area contributed by atoms with Crippen LogP contribution in [0.4, 0.5) is 14.5 Å². The van der Waals surface area contributed by atoms with Crippen LogP contribution in [0.2, 0.25) is 0 Å². The first-order valence-corrected chi connectivity index (χ1v) is 11.0. The summed E-state index contributed by atoms with van der Waals surface area (Å²) in [5.41, 5.74) is 0.355. The molecule has 1 saturated carbocycles. The van der Waals surface area contributed by atoms with Gasteiger partial charge in [0.1, 0.15) is 17.1 Å². The Morgan fingerprint density at radius 3 is 2.56 bits per heavy atom. The number of aromatic amines is 1. The van der Waals surface area contributed by atoms with Gasteiger partial charge < -0.3 is 14.8 Å². The third kappa shape index (κ3) is 4.54. The molecule has 184 valence electrons. The second kappa shape index (κ2) is 9.25. The van der Waals surface area contributed by atoms with Crippen molar-refractivity contribution in [1.29, 1.82) is 0 Å². The number of carbonyl (C=O) groups excluding carboxylic acids is 1. The van der Waals surface area contributed by atoms with Gasteiger partial charge in [0.25, 0.3) is 11.5 Å². The Morgan fingerprint density at radius 2 is 1.89 bits per heavy atom. The van der Waals surface area contributed by atoms with Crippen LogP contribution in [0, 0.1) is 0 Å². The largest absolute Gasteiger partial charge is 0.497 e. The molecule has 0 aliphatic heterocycles. The Bertz CT molecular complexity index is 1580. The van der Waals surface area contributed by atoms with Crippen molar-refractivity contribution < 1.29 is 23.0 Å². The summed E-state index contributed by atoms with van der Waals surface area (Å²) in [6.45, 7) is -3.03.